The molecule has 2 aliphatic heterocycles. The fraction of sp³-hybridized carbons (Fsp3) is 0.750. The Morgan fingerprint density at radius 1 is 1.11 bits per heavy atom. The Balaban J connectivity index is 1.80. The summed E-state index contributed by atoms with van der Waals surface area (Å²) in [5.74, 6) is -1.53. The van der Waals surface area contributed by atoms with Crippen molar-refractivity contribution < 1.29 is 24.2 Å². The van der Waals surface area contributed by atoms with Crippen LogP contribution in [0.1, 0.15) is 19.3 Å². The molecule has 0 aromatic carbocycles. The molecule has 0 aromatic rings. The zero-order valence-corrected chi connectivity index (χ0v) is 10.7. The maximum atomic E-state index is 12.1. The first-order valence-electron chi connectivity index (χ1n) is 6.48. The molecule has 2 amide bonds. The fourth-order valence-corrected chi connectivity index (χ4v) is 2.39. The van der Waals surface area contributed by atoms with Crippen LogP contribution in [-0.4, -0.2) is 71.6 Å². The van der Waals surface area contributed by atoms with E-state index in [-0.39, 0.29) is 12.0 Å². The van der Waals surface area contributed by atoms with Gasteiger partial charge in [-0.1, -0.05) is 0 Å². The second-order valence-electron chi connectivity index (χ2n) is 4.78. The highest BCUT2D eigenvalue weighted by molar-refractivity contribution is 5.93. The van der Waals surface area contributed by atoms with Gasteiger partial charge in [-0.05, 0) is 12.8 Å². The second-order valence-corrected chi connectivity index (χ2v) is 4.78. The van der Waals surface area contributed by atoms with E-state index < -0.39 is 18.3 Å². The Morgan fingerprint density at radius 2 is 1.74 bits per heavy atom. The zero-order valence-electron chi connectivity index (χ0n) is 10.7. The van der Waals surface area contributed by atoms with E-state index >= 15 is 0 Å². The molecule has 2 fully saturated rings. The van der Waals surface area contributed by atoms with Crippen LogP contribution < -0.4 is 0 Å². The molecule has 0 spiro atoms. The van der Waals surface area contributed by atoms with Crippen molar-refractivity contribution in [3.8, 4) is 0 Å². The molecule has 7 heteroatoms. The molecule has 1 atom stereocenters. The Labute approximate surface area is 111 Å². The molecule has 1 N–H and O–H groups in total. The Kier molecular flexibility index (Phi) is 4.36. The van der Waals surface area contributed by atoms with Crippen LogP contribution in [0.5, 0.6) is 0 Å². The number of carboxylic acids is 1. The molecule has 0 bridgehead atoms. The van der Waals surface area contributed by atoms with Crippen LogP contribution in [-0.2, 0) is 19.1 Å². The minimum Gasteiger partial charge on any atom is -0.481 e. The van der Waals surface area contributed by atoms with Gasteiger partial charge in [-0.2, -0.15) is 0 Å². The molecule has 2 aliphatic rings. The molecule has 2 saturated heterocycles. The highest BCUT2D eigenvalue weighted by Crippen LogP contribution is 2.16. The monoisotopic (exact) mass is 270 g/mol. The SMILES string of the molecule is O=C(O)CC(=O)N1CCN(C(=O)C2CCCO2)CC1. The zero-order chi connectivity index (χ0) is 13.8. The second kappa shape index (κ2) is 6.01. The van der Waals surface area contributed by atoms with E-state index in [1.807, 2.05) is 0 Å². The summed E-state index contributed by atoms with van der Waals surface area (Å²) in [7, 11) is 0. The van der Waals surface area contributed by atoms with Gasteiger partial charge in [0, 0.05) is 32.8 Å². The van der Waals surface area contributed by atoms with Crippen molar-refractivity contribution in [1.29, 1.82) is 0 Å². The first-order valence-corrected chi connectivity index (χ1v) is 6.48. The number of carboxylic acid groups (broad SMARTS) is 1. The predicted octanol–water partition coefficient (Wildman–Crippen LogP) is -0.689. The van der Waals surface area contributed by atoms with Crippen molar-refractivity contribution in [2.75, 3.05) is 32.8 Å². The summed E-state index contributed by atoms with van der Waals surface area (Å²) in [6, 6.07) is 0. The number of aliphatic carboxylic acids is 1. The van der Waals surface area contributed by atoms with Crippen LogP contribution in [0.15, 0.2) is 0 Å². The smallest absolute Gasteiger partial charge is 0.312 e. The van der Waals surface area contributed by atoms with Crippen molar-refractivity contribution in [1.82, 2.24) is 9.80 Å². The molecular formula is C12H18N2O5. The maximum absolute atomic E-state index is 12.1. The highest BCUT2D eigenvalue weighted by Gasteiger charge is 2.31. The molecule has 19 heavy (non-hydrogen) atoms. The van der Waals surface area contributed by atoms with Crippen molar-refractivity contribution in [3.63, 3.8) is 0 Å². The topological polar surface area (TPSA) is 87.2 Å². The van der Waals surface area contributed by atoms with Gasteiger partial charge in [0.15, 0.2) is 0 Å². The Morgan fingerprint density at radius 3 is 2.26 bits per heavy atom. The lowest BCUT2D eigenvalue weighted by Gasteiger charge is -2.35. The molecule has 0 saturated carbocycles. The molecule has 0 aromatic heterocycles. The maximum Gasteiger partial charge on any atom is 0.312 e. The summed E-state index contributed by atoms with van der Waals surface area (Å²) in [4.78, 5) is 37.3. The molecule has 106 valence electrons. The number of rotatable bonds is 3. The third kappa shape index (κ3) is 3.44. The van der Waals surface area contributed by atoms with Gasteiger partial charge in [0.25, 0.3) is 5.91 Å². The average Bonchev–Trinajstić information content (AvgIpc) is 2.91. The van der Waals surface area contributed by atoms with Crippen molar-refractivity contribution in [2.45, 2.75) is 25.4 Å². The number of hydrogen-bond donors (Lipinski definition) is 1. The van der Waals surface area contributed by atoms with Gasteiger partial charge < -0.3 is 19.6 Å². The number of piperazine rings is 1. The molecule has 7 nitrogen and oxygen atoms in total. The number of carbonyl (C=O) groups is 3. The summed E-state index contributed by atoms with van der Waals surface area (Å²) >= 11 is 0. The normalized spacial score (nSPS) is 23.5. The first kappa shape index (κ1) is 13.8. The average molecular weight is 270 g/mol. The summed E-state index contributed by atoms with van der Waals surface area (Å²) in [5, 5.41) is 8.57. The van der Waals surface area contributed by atoms with E-state index in [1.165, 1.54) is 4.90 Å². The summed E-state index contributed by atoms with van der Waals surface area (Å²) < 4.78 is 5.35. The van der Waals surface area contributed by atoms with Crippen LogP contribution in [0, 0.1) is 0 Å². The number of carbonyl (C=O) groups excluding carboxylic acids is 2. The quantitative estimate of drug-likeness (QED) is 0.686. The van der Waals surface area contributed by atoms with E-state index in [0.29, 0.717) is 32.8 Å². The van der Waals surface area contributed by atoms with Gasteiger partial charge in [0.05, 0.1) is 0 Å². The lowest BCUT2D eigenvalue weighted by Crippen LogP contribution is -2.53. The van der Waals surface area contributed by atoms with E-state index in [2.05, 4.69) is 0 Å². The van der Waals surface area contributed by atoms with Crippen LogP contribution in [0.2, 0.25) is 0 Å². The molecule has 1 unspecified atom stereocenters. The number of ether oxygens (including phenoxy) is 1. The molecule has 0 aliphatic carbocycles. The predicted molar refractivity (Wildman–Crippen MR) is 64.4 cm³/mol. The third-order valence-corrected chi connectivity index (χ3v) is 3.45. The largest absolute Gasteiger partial charge is 0.481 e. The third-order valence-electron chi connectivity index (χ3n) is 3.45. The molecular weight excluding hydrogens is 252 g/mol. The minimum atomic E-state index is -1.12. The van der Waals surface area contributed by atoms with Crippen LogP contribution in [0.3, 0.4) is 0 Å². The van der Waals surface area contributed by atoms with E-state index in [0.717, 1.165) is 12.8 Å². The minimum absolute atomic E-state index is 0.0113. The number of hydrogen-bond acceptors (Lipinski definition) is 4. The summed E-state index contributed by atoms with van der Waals surface area (Å²) in [6.07, 6.45) is 0.853. The Bertz CT molecular complexity index is 370. The van der Waals surface area contributed by atoms with Crippen LogP contribution >= 0.6 is 0 Å². The van der Waals surface area contributed by atoms with Gasteiger partial charge in [-0.3, -0.25) is 14.4 Å². The number of nitrogens with zero attached hydrogens (tertiary/aromatic N) is 2. The van der Waals surface area contributed by atoms with Crippen LogP contribution in [0.4, 0.5) is 0 Å². The molecule has 0 radical (unpaired) electrons. The van der Waals surface area contributed by atoms with Gasteiger partial charge in [0.1, 0.15) is 12.5 Å². The number of amides is 2. The van der Waals surface area contributed by atoms with E-state index in [1.54, 1.807) is 4.90 Å². The van der Waals surface area contributed by atoms with Gasteiger partial charge in [-0.25, -0.2) is 0 Å². The van der Waals surface area contributed by atoms with Gasteiger partial charge >= 0.3 is 5.97 Å². The van der Waals surface area contributed by atoms with Gasteiger partial charge in [-0.15, -0.1) is 0 Å². The lowest BCUT2D eigenvalue weighted by atomic mass is 10.2. The van der Waals surface area contributed by atoms with Crippen LogP contribution in [0.25, 0.3) is 0 Å². The first-order chi connectivity index (χ1) is 9.08. The van der Waals surface area contributed by atoms with E-state index in [4.69, 9.17) is 9.84 Å². The lowest BCUT2D eigenvalue weighted by molar-refractivity contribution is -0.149. The van der Waals surface area contributed by atoms with Crippen molar-refractivity contribution >= 4 is 17.8 Å². The van der Waals surface area contributed by atoms with Gasteiger partial charge in [0.2, 0.25) is 5.91 Å². The highest BCUT2D eigenvalue weighted by atomic mass is 16.5. The van der Waals surface area contributed by atoms with Crippen molar-refractivity contribution in [2.24, 2.45) is 0 Å². The molecule has 2 heterocycles. The standard InChI is InChI=1S/C12H18N2O5/c15-10(8-11(16)17)13-3-5-14(6-4-13)12(18)9-2-1-7-19-9/h9H,1-8H2,(H,16,17). The summed E-state index contributed by atoms with van der Waals surface area (Å²) in [6.45, 7) is 2.32. The molecule has 2 rings (SSSR count). The fourth-order valence-electron chi connectivity index (χ4n) is 2.39. The van der Waals surface area contributed by atoms with E-state index in [9.17, 15) is 14.4 Å². The van der Waals surface area contributed by atoms with Crippen molar-refractivity contribution in [3.05, 3.63) is 0 Å². The Hall–Kier alpha value is -1.63. The summed E-state index contributed by atoms with van der Waals surface area (Å²) in [5.41, 5.74) is 0.